The Morgan fingerprint density at radius 1 is 1.18 bits per heavy atom. The standard InChI is InChI=1S/C24H37N3O4S3/c1-4-23(33-17-22(29)30)34-18(2)25-24(31)27(19-10-6-5-7-11-19)20-13-14-26(16-20)21(28)12-8-9-15-32-3/h4,8-9,12,15,19-20,22,29-30H,2,5-7,10-11,13-14,16-17H2,1,3H3,(H,25,31)/b12-8+,15-9-,23-4-. The highest BCUT2D eigenvalue weighted by atomic mass is 32.2. The fourth-order valence-electron chi connectivity index (χ4n) is 4.18. The number of likely N-dealkylation sites (tertiary alicyclic amines) is 1. The Morgan fingerprint density at radius 2 is 1.91 bits per heavy atom. The van der Waals surface area contributed by atoms with Crippen LogP contribution < -0.4 is 5.32 Å². The van der Waals surface area contributed by atoms with E-state index in [1.54, 1.807) is 23.9 Å². The number of thioether (sulfide) groups is 3. The lowest BCUT2D eigenvalue weighted by atomic mass is 9.93. The molecule has 1 saturated heterocycles. The highest BCUT2D eigenvalue weighted by Crippen LogP contribution is 2.33. The summed E-state index contributed by atoms with van der Waals surface area (Å²) in [7, 11) is 0. The molecule has 0 radical (unpaired) electrons. The summed E-state index contributed by atoms with van der Waals surface area (Å²) in [5.41, 5.74) is 0. The van der Waals surface area contributed by atoms with Crippen LogP contribution in [0.1, 0.15) is 45.4 Å². The minimum atomic E-state index is -1.39. The van der Waals surface area contributed by atoms with E-state index in [1.165, 1.54) is 29.9 Å². The number of rotatable bonds is 11. The smallest absolute Gasteiger partial charge is 0.322 e. The molecular weight excluding hydrogens is 490 g/mol. The predicted octanol–water partition coefficient (Wildman–Crippen LogP) is 4.47. The summed E-state index contributed by atoms with van der Waals surface area (Å²) in [6, 6.07) is -0.0448. The van der Waals surface area contributed by atoms with Gasteiger partial charge in [0.25, 0.3) is 0 Å². The van der Waals surface area contributed by atoms with Crippen molar-refractivity contribution in [1.29, 1.82) is 0 Å². The number of urea groups is 1. The number of aliphatic hydroxyl groups is 2. The molecule has 34 heavy (non-hydrogen) atoms. The molecule has 1 unspecified atom stereocenters. The minimum absolute atomic E-state index is 0.0277. The van der Waals surface area contributed by atoms with E-state index in [2.05, 4.69) is 11.9 Å². The van der Waals surface area contributed by atoms with Gasteiger partial charge in [-0.25, -0.2) is 4.79 Å². The molecule has 1 atom stereocenters. The molecule has 10 heteroatoms. The van der Waals surface area contributed by atoms with E-state index in [1.807, 2.05) is 40.5 Å². The first-order chi connectivity index (χ1) is 16.3. The van der Waals surface area contributed by atoms with Crippen molar-refractivity contribution in [2.45, 2.75) is 63.8 Å². The van der Waals surface area contributed by atoms with Crippen LogP contribution in [0.25, 0.3) is 0 Å². The number of hydrogen-bond acceptors (Lipinski definition) is 7. The molecule has 1 aliphatic carbocycles. The highest BCUT2D eigenvalue weighted by Gasteiger charge is 2.37. The van der Waals surface area contributed by atoms with Gasteiger partial charge in [-0.15, -0.1) is 23.5 Å². The molecule has 2 rings (SSSR count). The van der Waals surface area contributed by atoms with Gasteiger partial charge in [0.15, 0.2) is 6.29 Å². The first-order valence-electron chi connectivity index (χ1n) is 11.6. The highest BCUT2D eigenvalue weighted by molar-refractivity contribution is 8.23. The summed E-state index contributed by atoms with van der Waals surface area (Å²) in [5.74, 6) is 0.119. The van der Waals surface area contributed by atoms with E-state index < -0.39 is 6.29 Å². The van der Waals surface area contributed by atoms with Crippen LogP contribution in [-0.4, -0.2) is 75.4 Å². The first kappa shape index (κ1) is 28.9. The van der Waals surface area contributed by atoms with Gasteiger partial charge < -0.3 is 25.3 Å². The molecule has 3 amide bonds. The van der Waals surface area contributed by atoms with Gasteiger partial charge in [-0.3, -0.25) is 4.79 Å². The zero-order valence-corrected chi connectivity index (χ0v) is 22.5. The van der Waals surface area contributed by atoms with Gasteiger partial charge in [0.2, 0.25) is 5.91 Å². The topological polar surface area (TPSA) is 93.1 Å². The van der Waals surface area contributed by atoms with Gasteiger partial charge in [-0.1, -0.05) is 55.8 Å². The molecule has 0 aromatic heterocycles. The van der Waals surface area contributed by atoms with E-state index in [0.717, 1.165) is 36.3 Å². The van der Waals surface area contributed by atoms with Gasteiger partial charge in [0.1, 0.15) is 0 Å². The summed E-state index contributed by atoms with van der Waals surface area (Å²) >= 11 is 4.19. The van der Waals surface area contributed by atoms with Crippen molar-refractivity contribution < 1.29 is 19.8 Å². The van der Waals surface area contributed by atoms with Crippen LogP contribution in [-0.2, 0) is 4.79 Å². The van der Waals surface area contributed by atoms with Crippen LogP contribution in [0.2, 0.25) is 0 Å². The van der Waals surface area contributed by atoms with Crippen LogP contribution in [0.15, 0.2) is 45.6 Å². The molecule has 3 N–H and O–H groups in total. The largest absolute Gasteiger partial charge is 0.367 e. The van der Waals surface area contributed by atoms with Crippen LogP contribution in [0, 0.1) is 0 Å². The second-order valence-electron chi connectivity index (χ2n) is 8.20. The number of amides is 3. The summed E-state index contributed by atoms with van der Waals surface area (Å²) < 4.78 is 0.836. The quantitative estimate of drug-likeness (QED) is 0.207. The van der Waals surface area contributed by atoms with E-state index >= 15 is 0 Å². The lowest BCUT2D eigenvalue weighted by Gasteiger charge is -2.38. The third-order valence-corrected chi connectivity index (χ3v) is 8.52. The molecule has 2 fully saturated rings. The molecule has 1 aliphatic heterocycles. The first-order valence-corrected chi connectivity index (χ1v) is 14.7. The minimum Gasteiger partial charge on any atom is -0.367 e. The number of nitrogens with one attached hydrogen (secondary N) is 1. The number of carbonyl (C=O) groups is 2. The Labute approximate surface area is 216 Å². The fraction of sp³-hybridized carbons (Fsp3) is 0.583. The molecule has 0 aromatic carbocycles. The van der Waals surface area contributed by atoms with Crippen LogP contribution in [0.4, 0.5) is 4.79 Å². The van der Waals surface area contributed by atoms with E-state index in [-0.39, 0.29) is 29.8 Å². The number of allylic oxidation sites excluding steroid dienone is 3. The Hall–Kier alpha value is -1.33. The van der Waals surface area contributed by atoms with Crippen molar-refractivity contribution >= 4 is 47.2 Å². The monoisotopic (exact) mass is 527 g/mol. The third kappa shape index (κ3) is 9.73. The maximum atomic E-state index is 13.4. The number of aliphatic hydroxyl groups excluding tert-OH is 1. The second-order valence-corrected chi connectivity index (χ2v) is 11.4. The van der Waals surface area contributed by atoms with Crippen molar-refractivity contribution in [3.8, 4) is 0 Å². The average molecular weight is 528 g/mol. The SMILES string of the molecule is C=C(NC(=O)N(C1CCCCC1)C1CCN(C(=O)/C=C/C=C\SC)C1)S/C(=C\C)SCC(O)O. The average Bonchev–Trinajstić information content (AvgIpc) is 3.29. The molecule has 2 aliphatic rings. The maximum absolute atomic E-state index is 13.4. The van der Waals surface area contributed by atoms with E-state index in [4.69, 9.17) is 10.2 Å². The van der Waals surface area contributed by atoms with Gasteiger partial charge in [0, 0.05) is 35.2 Å². The number of nitrogens with zero attached hydrogens (tertiary/aromatic N) is 2. The summed E-state index contributed by atoms with van der Waals surface area (Å²) in [4.78, 5) is 29.8. The zero-order chi connectivity index (χ0) is 24.9. The third-order valence-electron chi connectivity index (χ3n) is 5.72. The van der Waals surface area contributed by atoms with Crippen LogP contribution in [0.5, 0.6) is 0 Å². The Kier molecular flexibility index (Phi) is 13.3. The lowest BCUT2D eigenvalue weighted by molar-refractivity contribution is -0.125. The molecule has 1 saturated carbocycles. The Bertz CT molecular complexity index is 779. The molecule has 0 spiro atoms. The van der Waals surface area contributed by atoms with Gasteiger partial charge in [-0.05, 0) is 37.9 Å². The van der Waals surface area contributed by atoms with Gasteiger partial charge >= 0.3 is 6.03 Å². The van der Waals surface area contributed by atoms with Crippen molar-refractivity contribution in [1.82, 2.24) is 15.1 Å². The van der Waals surface area contributed by atoms with Gasteiger partial charge in [0.05, 0.1) is 11.1 Å². The summed E-state index contributed by atoms with van der Waals surface area (Å²) in [6.07, 6.45) is 13.7. The van der Waals surface area contributed by atoms with E-state index in [9.17, 15) is 9.59 Å². The second kappa shape index (κ2) is 15.6. The number of hydrogen-bond donors (Lipinski definition) is 3. The Balaban J connectivity index is 2.03. The van der Waals surface area contributed by atoms with Crippen LogP contribution in [0.3, 0.4) is 0 Å². The lowest BCUT2D eigenvalue weighted by Crippen LogP contribution is -2.52. The van der Waals surface area contributed by atoms with Crippen molar-refractivity contribution in [2.75, 3.05) is 25.1 Å². The molecule has 0 aromatic rings. The van der Waals surface area contributed by atoms with E-state index in [0.29, 0.717) is 18.1 Å². The molecule has 0 bridgehead atoms. The van der Waals surface area contributed by atoms with Crippen molar-refractivity contribution in [2.24, 2.45) is 0 Å². The number of carbonyl (C=O) groups excluding carboxylic acids is 2. The summed E-state index contributed by atoms with van der Waals surface area (Å²) in [5, 5.41) is 23.6. The molecule has 190 valence electrons. The summed E-state index contributed by atoms with van der Waals surface area (Å²) in [6.45, 7) is 7.02. The molecule has 7 nitrogen and oxygen atoms in total. The Morgan fingerprint density at radius 3 is 2.56 bits per heavy atom. The van der Waals surface area contributed by atoms with Crippen molar-refractivity contribution in [3.63, 3.8) is 0 Å². The van der Waals surface area contributed by atoms with Gasteiger partial charge in [-0.2, -0.15) is 0 Å². The normalized spacial score (nSPS) is 20.0. The maximum Gasteiger partial charge on any atom is 0.322 e. The predicted molar refractivity (Wildman–Crippen MR) is 145 cm³/mol. The zero-order valence-electron chi connectivity index (χ0n) is 20.0. The molecular formula is C24H37N3O4S3. The molecule has 1 heterocycles. The fourth-order valence-corrected chi connectivity index (χ4v) is 6.15. The van der Waals surface area contributed by atoms with Crippen LogP contribution >= 0.6 is 35.3 Å². The van der Waals surface area contributed by atoms with Crippen molar-refractivity contribution in [3.05, 3.63) is 45.6 Å².